The standard InChI is InChI=1S/C28H36F3N3O5S/c1-18(2)34(3)21-11-12-23(19(14-21)17-40(37,38)22-8-6-5-7-9-22)32-26(35)16-27(36)33-24-15-20(28(29,30)31)10-13-25(24)39-4/h5-10,13,15,18-19,21,23H,11-12,14,16-17H2,1-4H3,(H,32,35)(H,33,36). The molecule has 8 nitrogen and oxygen atoms in total. The van der Waals surface area contributed by atoms with Crippen molar-refractivity contribution in [3.63, 3.8) is 0 Å². The maximum Gasteiger partial charge on any atom is 0.416 e. The molecule has 2 aromatic carbocycles. The third-order valence-corrected chi connectivity index (χ3v) is 9.21. The number of hydrogen-bond donors (Lipinski definition) is 2. The molecule has 3 unspecified atom stereocenters. The molecule has 2 aromatic rings. The van der Waals surface area contributed by atoms with Gasteiger partial charge in [0.1, 0.15) is 12.2 Å². The van der Waals surface area contributed by atoms with Gasteiger partial charge in [-0.25, -0.2) is 8.42 Å². The Morgan fingerprint density at radius 1 is 1.07 bits per heavy atom. The number of nitrogens with zero attached hydrogens (tertiary/aromatic N) is 1. The predicted octanol–water partition coefficient (Wildman–Crippen LogP) is 4.51. The number of hydrogen-bond acceptors (Lipinski definition) is 6. The minimum absolute atomic E-state index is 0.0144. The number of ether oxygens (including phenoxy) is 1. The van der Waals surface area contributed by atoms with Crippen LogP contribution in [0.2, 0.25) is 0 Å². The number of methoxy groups -OCH3 is 1. The summed E-state index contributed by atoms with van der Waals surface area (Å²) in [5, 5.41) is 5.14. The van der Waals surface area contributed by atoms with E-state index in [-0.39, 0.29) is 34.2 Å². The largest absolute Gasteiger partial charge is 0.495 e. The molecule has 1 fully saturated rings. The van der Waals surface area contributed by atoms with Crippen molar-refractivity contribution in [1.29, 1.82) is 0 Å². The predicted molar refractivity (Wildman–Crippen MR) is 146 cm³/mol. The molecular formula is C28H36F3N3O5S. The van der Waals surface area contributed by atoms with Crippen LogP contribution in [0, 0.1) is 5.92 Å². The minimum atomic E-state index is -4.62. The van der Waals surface area contributed by atoms with Gasteiger partial charge in [-0.2, -0.15) is 13.2 Å². The molecule has 3 rings (SSSR count). The quantitative estimate of drug-likeness (QED) is 0.399. The lowest BCUT2D eigenvalue weighted by Gasteiger charge is -2.41. The number of rotatable bonds is 10. The summed E-state index contributed by atoms with van der Waals surface area (Å²) in [5.74, 6) is -2.03. The number of carbonyl (C=O) groups is 2. The average Bonchev–Trinajstić information content (AvgIpc) is 2.88. The monoisotopic (exact) mass is 583 g/mol. The number of benzene rings is 2. The molecule has 40 heavy (non-hydrogen) atoms. The third kappa shape index (κ3) is 8.20. The van der Waals surface area contributed by atoms with Gasteiger partial charge in [0.2, 0.25) is 11.8 Å². The second kappa shape index (κ2) is 13.0. The minimum Gasteiger partial charge on any atom is -0.495 e. The molecule has 1 saturated carbocycles. The smallest absolute Gasteiger partial charge is 0.416 e. The number of amides is 2. The van der Waals surface area contributed by atoms with E-state index >= 15 is 0 Å². The highest BCUT2D eigenvalue weighted by Crippen LogP contribution is 2.35. The zero-order chi connectivity index (χ0) is 29.7. The number of sulfone groups is 1. The van der Waals surface area contributed by atoms with E-state index in [2.05, 4.69) is 29.4 Å². The van der Waals surface area contributed by atoms with E-state index in [0.717, 1.165) is 24.6 Å². The Hall–Kier alpha value is -3.12. The molecule has 220 valence electrons. The number of anilines is 1. The first-order chi connectivity index (χ1) is 18.7. The summed E-state index contributed by atoms with van der Waals surface area (Å²) < 4.78 is 70.8. The van der Waals surface area contributed by atoms with Gasteiger partial charge in [0.05, 0.1) is 29.0 Å². The van der Waals surface area contributed by atoms with E-state index in [4.69, 9.17) is 4.74 Å². The van der Waals surface area contributed by atoms with Crippen LogP contribution in [-0.4, -0.2) is 63.2 Å². The van der Waals surface area contributed by atoms with Gasteiger partial charge in [-0.3, -0.25) is 9.59 Å². The Morgan fingerprint density at radius 3 is 2.35 bits per heavy atom. The van der Waals surface area contributed by atoms with E-state index < -0.39 is 51.8 Å². The van der Waals surface area contributed by atoms with Crippen molar-refractivity contribution < 1.29 is 35.9 Å². The van der Waals surface area contributed by atoms with Gasteiger partial charge < -0.3 is 20.3 Å². The molecule has 0 spiro atoms. The summed E-state index contributed by atoms with van der Waals surface area (Å²) in [6.07, 6.45) is -3.48. The topological polar surface area (TPSA) is 105 Å². The molecule has 1 aliphatic rings. The molecule has 2 N–H and O–H groups in total. The van der Waals surface area contributed by atoms with Crippen molar-refractivity contribution in [3.05, 3.63) is 54.1 Å². The van der Waals surface area contributed by atoms with Crippen LogP contribution in [0.3, 0.4) is 0 Å². The van der Waals surface area contributed by atoms with Gasteiger partial charge in [-0.05, 0) is 76.4 Å². The molecule has 0 aromatic heterocycles. The van der Waals surface area contributed by atoms with Crippen molar-refractivity contribution in [2.45, 2.75) is 68.7 Å². The molecule has 12 heteroatoms. The molecule has 0 aliphatic heterocycles. The Balaban J connectivity index is 1.72. The highest BCUT2D eigenvalue weighted by molar-refractivity contribution is 7.91. The van der Waals surface area contributed by atoms with Crippen molar-refractivity contribution in [2.75, 3.05) is 25.2 Å². The Bertz CT molecular complexity index is 1290. The Labute approximate surface area is 233 Å². The summed E-state index contributed by atoms with van der Waals surface area (Å²) in [6.45, 7) is 4.11. The summed E-state index contributed by atoms with van der Waals surface area (Å²) in [6, 6.07) is 10.7. The van der Waals surface area contributed by atoms with Crippen LogP contribution in [0.4, 0.5) is 18.9 Å². The lowest BCUT2D eigenvalue weighted by molar-refractivity contribution is -0.137. The fourth-order valence-electron chi connectivity index (χ4n) is 4.99. The normalized spacial score (nSPS) is 19.9. The highest BCUT2D eigenvalue weighted by atomic mass is 32.2. The average molecular weight is 584 g/mol. The molecule has 0 radical (unpaired) electrons. The van der Waals surface area contributed by atoms with Crippen LogP contribution in [-0.2, 0) is 25.6 Å². The van der Waals surface area contributed by atoms with Crippen LogP contribution >= 0.6 is 0 Å². The number of carbonyl (C=O) groups excluding carboxylic acids is 2. The first-order valence-corrected chi connectivity index (χ1v) is 14.7. The highest BCUT2D eigenvalue weighted by Gasteiger charge is 2.37. The van der Waals surface area contributed by atoms with E-state index in [0.29, 0.717) is 12.8 Å². The van der Waals surface area contributed by atoms with Crippen molar-refractivity contribution in [1.82, 2.24) is 10.2 Å². The first-order valence-electron chi connectivity index (χ1n) is 13.1. The number of nitrogens with one attached hydrogen (secondary N) is 2. The van der Waals surface area contributed by atoms with E-state index in [9.17, 15) is 31.2 Å². The lowest BCUT2D eigenvalue weighted by atomic mass is 9.81. The fourth-order valence-corrected chi connectivity index (χ4v) is 6.69. The van der Waals surface area contributed by atoms with Crippen LogP contribution in [0.25, 0.3) is 0 Å². The Kier molecular flexibility index (Phi) is 10.2. The van der Waals surface area contributed by atoms with Gasteiger partial charge >= 0.3 is 6.18 Å². The second-order valence-electron chi connectivity index (χ2n) is 10.4. The van der Waals surface area contributed by atoms with E-state index in [1.165, 1.54) is 19.2 Å². The van der Waals surface area contributed by atoms with Crippen molar-refractivity contribution in [3.8, 4) is 5.75 Å². The summed E-state index contributed by atoms with van der Waals surface area (Å²) in [4.78, 5) is 27.8. The first kappa shape index (κ1) is 31.4. The van der Waals surface area contributed by atoms with Gasteiger partial charge in [0.25, 0.3) is 0 Å². The van der Waals surface area contributed by atoms with Gasteiger partial charge in [0.15, 0.2) is 9.84 Å². The zero-order valence-electron chi connectivity index (χ0n) is 23.0. The molecule has 3 atom stereocenters. The fraction of sp³-hybridized carbons (Fsp3) is 0.500. The zero-order valence-corrected chi connectivity index (χ0v) is 23.8. The third-order valence-electron chi connectivity index (χ3n) is 7.35. The van der Waals surface area contributed by atoms with Gasteiger partial charge in [-0.15, -0.1) is 0 Å². The van der Waals surface area contributed by atoms with Gasteiger partial charge in [0, 0.05) is 18.1 Å². The van der Waals surface area contributed by atoms with Gasteiger partial charge in [-0.1, -0.05) is 18.2 Å². The summed E-state index contributed by atoms with van der Waals surface area (Å²) in [5.41, 5.74) is -1.18. The molecule has 1 aliphatic carbocycles. The molecular weight excluding hydrogens is 547 g/mol. The maximum absolute atomic E-state index is 13.2. The lowest BCUT2D eigenvalue weighted by Crippen LogP contribution is -2.51. The summed E-state index contributed by atoms with van der Waals surface area (Å²) in [7, 11) is -0.399. The molecule has 2 amide bonds. The second-order valence-corrected chi connectivity index (χ2v) is 12.4. The van der Waals surface area contributed by atoms with Crippen LogP contribution in [0.1, 0.15) is 45.1 Å². The van der Waals surface area contributed by atoms with Crippen LogP contribution in [0.15, 0.2) is 53.4 Å². The molecule has 0 bridgehead atoms. The molecule has 0 saturated heterocycles. The summed E-state index contributed by atoms with van der Waals surface area (Å²) >= 11 is 0. The number of alkyl halides is 3. The van der Waals surface area contributed by atoms with Crippen LogP contribution < -0.4 is 15.4 Å². The van der Waals surface area contributed by atoms with Crippen molar-refractivity contribution >= 4 is 27.3 Å². The van der Waals surface area contributed by atoms with Crippen LogP contribution in [0.5, 0.6) is 5.75 Å². The number of halogens is 3. The maximum atomic E-state index is 13.2. The van der Waals surface area contributed by atoms with E-state index in [1.807, 2.05) is 7.05 Å². The van der Waals surface area contributed by atoms with Crippen molar-refractivity contribution in [2.24, 2.45) is 5.92 Å². The Morgan fingerprint density at radius 2 is 1.75 bits per heavy atom. The van der Waals surface area contributed by atoms with E-state index in [1.54, 1.807) is 18.2 Å². The molecule has 0 heterocycles. The SMILES string of the molecule is COc1ccc(C(F)(F)F)cc1NC(=O)CC(=O)NC1CCC(N(C)C(C)C)CC1CS(=O)(=O)c1ccccc1.